The molecule has 0 unspecified atom stereocenters. The van der Waals surface area contributed by atoms with Gasteiger partial charge in [0.15, 0.2) is 18.1 Å². The Labute approximate surface area is 187 Å². The second kappa shape index (κ2) is 10.2. The maximum atomic E-state index is 12.6. The van der Waals surface area contributed by atoms with Gasteiger partial charge in [-0.15, -0.1) is 0 Å². The van der Waals surface area contributed by atoms with Crippen molar-refractivity contribution < 1.29 is 22.7 Å². The van der Waals surface area contributed by atoms with E-state index >= 15 is 0 Å². The topological polar surface area (TPSA) is 84.9 Å². The summed E-state index contributed by atoms with van der Waals surface area (Å²) in [6.45, 7) is 4.02. The number of nitrogens with one attached hydrogen (secondary N) is 1. The van der Waals surface area contributed by atoms with Gasteiger partial charge in [-0.1, -0.05) is 48.5 Å². The molecule has 9 heteroatoms. The first kappa shape index (κ1) is 23.1. The summed E-state index contributed by atoms with van der Waals surface area (Å²) >= 11 is 6.40. The van der Waals surface area contributed by atoms with Crippen molar-refractivity contribution in [2.45, 2.75) is 18.9 Å². The molecule has 7 nitrogen and oxygen atoms in total. The van der Waals surface area contributed by atoms with E-state index in [1.807, 2.05) is 30.3 Å². The Kier molecular flexibility index (Phi) is 7.59. The smallest absolute Gasteiger partial charge is 0.260 e. The van der Waals surface area contributed by atoms with Gasteiger partial charge in [0.05, 0.1) is 12.1 Å². The number of amides is 1. The van der Waals surface area contributed by atoms with Crippen molar-refractivity contribution in [3.05, 3.63) is 59.5 Å². The first-order valence-electron chi connectivity index (χ1n) is 9.81. The zero-order chi connectivity index (χ0) is 22.4. The third-order valence-electron chi connectivity index (χ3n) is 5.09. The molecule has 31 heavy (non-hydrogen) atoms. The molecule has 1 aliphatic heterocycles. The molecular formula is C22H25ClN2O5S. The summed E-state index contributed by atoms with van der Waals surface area (Å²) in [5.74, 6) is 0.686. The standard InChI is InChI=1S/C22H25ClN2O5S/c1-3-31(27,28)24-17-9-11-25(12-10-17)22(26)15-30-21-13-18(16-7-5-4-6-8-16)19(23)14-20(21)29-2/h3-8,13-14,17,24H,1,9-12,15H2,2H3. The lowest BCUT2D eigenvalue weighted by molar-refractivity contribution is -0.134. The SMILES string of the molecule is C=CS(=O)(=O)NC1CCN(C(=O)COc2cc(-c3ccccc3)c(Cl)cc2OC)CC1. The van der Waals surface area contributed by atoms with Crippen LogP contribution in [-0.4, -0.2) is 52.1 Å². The van der Waals surface area contributed by atoms with Gasteiger partial charge < -0.3 is 14.4 Å². The number of carbonyl (C=O) groups excluding carboxylic acids is 1. The van der Waals surface area contributed by atoms with Crippen LogP contribution in [0.4, 0.5) is 0 Å². The molecule has 1 amide bonds. The van der Waals surface area contributed by atoms with Crippen LogP contribution in [0.5, 0.6) is 11.5 Å². The number of halogens is 1. The Morgan fingerprint density at radius 2 is 1.90 bits per heavy atom. The number of likely N-dealkylation sites (tertiary alicyclic amines) is 1. The van der Waals surface area contributed by atoms with Crippen molar-refractivity contribution in [2.24, 2.45) is 0 Å². The number of nitrogens with zero attached hydrogens (tertiary/aromatic N) is 1. The highest BCUT2D eigenvalue weighted by Crippen LogP contribution is 2.38. The highest BCUT2D eigenvalue weighted by molar-refractivity contribution is 7.92. The van der Waals surface area contributed by atoms with Gasteiger partial charge in [-0.3, -0.25) is 4.79 Å². The predicted octanol–water partition coefficient (Wildman–Crippen LogP) is 3.45. The van der Waals surface area contributed by atoms with Crippen LogP contribution in [0, 0.1) is 0 Å². The summed E-state index contributed by atoms with van der Waals surface area (Å²) < 4.78 is 36.9. The number of hydrogen-bond donors (Lipinski definition) is 1. The number of rotatable bonds is 8. The fourth-order valence-corrected chi connectivity index (χ4v) is 4.46. The van der Waals surface area contributed by atoms with Crippen molar-refractivity contribution >= 4 is 27.5 Å². The predicted molar refractivity (Wildman–Crippen MR) is 121 cm³/mol. The molecule has 0 saturated carbocycles. The number of sulfonamides is 1. The van der Waals surface area contributed by atoms with Gasteiger partial charge in [-0.05, 0) is 24.5 Å². The Balaban J connectivity index is 1.63. The van der Waals surface area contributed by atoms with Crippen LogP contribution in [0.1, 0.15) is 12.8 Å². The summed E-state index contributed by atoms with van der Waals surface area (Å²) in [4.78, 5) is 14.3. The molecule has 1 N–H and O–H groups in total. The maximum Gasteiger partial charge on any atom is 0.260 e. The summed E-state index contributed by atoms with van der Waals surface area (Å²) in [5.41, 5.74) is 1.70. The van der Waals surface area contributed by atoms with Gasteiger partial charge >= 0.3 is 0 Å². The normalized spacial score (nSPS) is 14.8. The quantitative estimate of drug-likeness (QED) is 0.646. The summed E-state index contributed by atoms with van der Waals surface area (Å²) in [5, 5.41) is 1.41. The lowest BCUT2D eigenvalue weighted by atomic mass is 10.1. The summed E-state index contributed by atoms with van der Waals surface area (Å²) in [7, 11) is -1.97. The van der Waals surface area contributed by atoms with Crippen molar-refractivity contribution in [3.63, 3.8) is 0 Å². The number of hydrogen-bond acceptors (Lipinski definition) is 5. The minimum atomic E-state index is -3.48. The lowest BCUT2D eigenvalue weighted by Crippen LogP contribution is -2.47. The zero-order valence-corrected chi connectivity index (χ0v) is 18.8. The molecule has 0 aliphatic carbocycles. The van der Waals surface area contributed by atoms with E-state index in [9.17, 15) is 13.2 Å². The van der Waals surface area contributed by atoms with E-state index in [0.717, 1.165) is 16.5 Å². The van der Waals surface area contributed by atoms with E-state index in [0.29, 0.717) is 42.5 Å². The Morgan fingerprint density at radius 1 is 1.23 bits per heavy atom. The van der Waals surface area contributed by atoms with Crippen molar-refractivity contribution in [2.75, 3.05) is 26.8 Å². The van der Waals surface area contributed by atoms with Crippen LogP contribution in [0.15, 0.2) is 54.5 Å². The number of piperidine rings is 1. The average molecular weight is 465 g/mol. The van der Waals surface area contributed by atoms with Crippen LogP contribution < -0.4 is 14.2 Å². The van der Waals surface area contributed by atoms with Crippen molar-refractivity contribution in [1.82, 2.24) is 9.62 Å². The molecule has 1 saturated heterocycles. The number of benzene rings is 2. The minimum Gasteiger partial charge on any atom is -0.493 e. The van der Waals surface area contributed by atoms with Gasteiger partial charge in [0, 0.05) is 36.2 Å². The number of carbonyl (C=O) groups is 1. The third-order valence-corrected chi connectivity index (χ3v) is 6.50. The summed E-state index contributed by atoms with van der Waals surface area (Å²) in [6, 6.07) is 12.8. The molecule has 2 aromatic rings. The highest BCUT2D eigenvalue weighted by atomic mass is 35.5. The first-order chi connectivity index (χ1) is 14.8. The second-order valence-electron chi connectivity index (χ2n) is 7.12. The van der Waals surface area contributed by atoms with E-state index in [2.05, 4.69) is 11.3 Å². The molecule has 0 spiro atoms. The van der Waals surface area contributed by atoms with Crippen LogP contribution >= 0.6 is 11.6 Å². The molecule has 0 atom stereocenters. The molecule has 0 aromatic heterocycles. The third kappa shape index (κ3) is 6.00. The van der Waals surface area contributed by atoms with E-state index in [4.69, 9.17) is 21.1 Å². The summed E-state index contributed by atoms with van der Waals surface area (Å²) in [6.07, 6.45) is 1.06. The van der Waals surface area contributed by atoms with Gasteiger partial charge in [0.2, 0.25) is 10.0 Å². The fraction of sp³-hybridized carbons (Fsp3) is 0.318. The molecule has 166 valence electrons. The van der Waals surface area contributed by atoms with E-state index in [-0.39, 0.29) is 18.6 Å². The molecule has 0 bridgehead atoms. The van der Waals surface area contributed by atoms with Crippen molar-refractivity contribution in [3.8, 4) is 22.6 Å². The largest absolute Gasteiger partial charge is 0.493 e. The van der Waals surface area contributed by atoms with Gasteiger partial charge in [0.1, 0.15) is 0 Å². The first-order valence-corrected chi connectivity index (χ1v) is 11.7. The molecule has 0 radical (unpaired) electrons. The van der Waals surface area contributed by atoms with E-state index < -0.39 is 10.0 Å². The Morgan fingerprint density at radius 3 is 2.52 bits per heavy atom. The maximum absolute atomic E-state index is 12.6. The minimum absolute atomic E-state index is 0.157. The lowest BCUT2D eigenvalue weighted by Gasteiger charge is -2.32. The molecule has 3 rings (SSSR count). The molecular weight excluding hydrogens is 440 g/mol. The van der Waals surface area contributed by atoms with Gasteiger partial charge in [-0.25, -0.2) is 13.1 Å². The van der Waals surface area contributed by atoms with E-state index in [1.54, 1.807) is 17.0 Å². The number of methoxy groups -OCH3 is 1. The van der Waals surface area contributed by atoms with Crippen LogP contribution in [0.25, 0.3) is 11.1 Å². The Bertz CT molecular complexity index is 1040. The van der Waals surface area contributed by atoms with Crippen LogP contribution in [0.2, 0.25) is 5.02 Å². The molecule has 1 aliphatic rings. The van der Waals surface area contributed by atoms with Gasteiger partial charge in [-0.2, -0.15) is 0 Å². The molecule has 1 heterocycles. The average Bonchev–Trinajstić information content (AvgIpc) is 2.78. The molecule has 2 aromatic carbocycles. The van der Waals surface area contributed by atoms with Gasteiger partial charge in [0.25, 0.3) is 5.91 Å². The number of ether oxygens (including phenoxy) is 2. The van der Waals surface area contributed by atoms with Crippen LogP contribution in [0.3, 0.4) is 0 Å². The zero-order valence-electron chi connectivity index (χ0n) is 17.2. The molecule has 1 fully saturated rings. The van der Waals surface area contributed by atoms with E-state index in [1.165, 1.54) is 7.11 Å². The Hall–Kier alpha value is -2.55. The monoisotopic (exact) mass is 464 g/mol. The highest BCUT2D eigenvalue weighted by Gasteiger charge is 2.25. The fourth-order valence-electron chi connectivity index (χ4n) is 3.40. The van der Waals surface area contributed by atoms with Crippen LogP contribution in [-0.2, 0) is 14.8 Å². The second-order valence-corrected chi connectivity index (χ2v) is 9.19. The van der Waals surface area contributed by atoms with Crippen molar-refractivity contribution in [1.29, 1.82) is 0 Å².